The van der Waals surface area contributed by atoms with Crippen LogP contribution in [0.5, 0.6) is 0 Å². The molecule has 0 aromatic rings. The lowest BCUT2D eigenvalue weighted by molar-refractivity contribution is 0.362. The van der Waals surface area contributed by atoms with Crippen molar-refractivity contribution in [3.63, 3.8) is 0 Å². The van der Waals surface area contributed by atoms with Gasteiger partial charge in [0.2, 0.25) is 0 Å². The number of hydrogen-bond acceptors (Lipinski definition) is 2. The van der Waals surface area contributed by atoms with Crippen LogP contribution >= 0.6 is 0 Å². The molecule has 1 saturated carbocycles. The third-order valence-electron chi connectivity index (χ3n) is 3.26. The number of rotatable bonds is 5. The van der Waals surface area contributed by atoms with E-state index >= 15 is 0 Å². The van der Waals surface area contributed by atoms with Gasteiger partial charge in [0.1, 0.15) is 0 Å². The molecule has 16 heavy (non-hydrogen) atoms. The molecular weight excluding hydrogens is 200 g/mol. The third-order valence-corrected chi connectivity index (χ3v) is 3.26. The maximum absolute atomic E-state index is 5.85. The maximum Gasteiger partial charge on any atom is 0.188 e. The van der Waals surface area contributed by atoms with Crippen LogP contribution in [0.2, 0.25) is 0 Å². The van der Waals surface area contributed by atoms with E-state index in [0.29, 0.717) is 12.0 Å². The standard InChI is InChI=1S/C12H26N4/c1-3-16(2)10-9-14-12(13)15-11-7-5-4-6-8-11/h11H,3-10H2,1-2H3,(H3,13,14,15). The molecule has 1 aliphatic rings. The van der Waals surface area contributed by atoms with Gasteiger partial charge in [-0.25, -0.2) is 0 Å². The van der Waals surface area contributed by atoms with Gasteiger partial charge in [-0.05, 0) is 26.4 Å². The number of nitrogens with zero attached hydrogens (tertiary/aromatic N) is 2. The van der Waals surface area contributed by atoms with Crippen LogP contribution in [-0.2, 0) is 0 Å². The molecule has 0 saturated heterocycles. The highest BCUT2D eigenvalue weighted by Gasteiger charge is 2.12. The first-order chi connectivity index (χ1) is 7.72. The summed E-state index contributed by atoms with van der Waals surface area (Å²) in [6, 6.07) is 0.557. The molecule has 3 N–H and O–H groups in total. The zero-order valence-corrected chi connectivity index (χ0v) is 10.7. The van der Waals surface area contributed by atoms with Gasteiger partial charge in [-0.15, -0.1) is 0 Å². The van der Waals surface area contributed by atoms with Crippen LogP contribution in [-0.4, -0.2) is 43.6 Å². The molecule has 0 aliphatic heterocycles. The Kier molecular flexibility index (Phi) is 6.23. The average molecular weight is 226 g/mol. The Morgan fingerprint density at radius 1 is 1.38 bits per heavy atom. The first-order valence-corrected chi connectivity index (χ1v) is 6.47. The summed E-state index contributed by atoms with van der Waals surface area (Å²) in [5, 5.41) is 3.32. The van der Waals surface area contributed by atoms with Crippen molar-refractivity contribution in [3.05, 3.63) is 0 Å². The molecule has 1 aliphatic carbocycles. The largest absolute Gasteiger partial charge is 0.370 e. The predicted octanol–water partition coefficient (Wildman–Crippen LogP) is 1.18. The van der Waals surface area contributed by atoms with E-state index in [2.05, 4.69) is 29.2 Å². The lowest BCUT2D eigenvalue weighted by Gasteiger charge is -2.23. The predicted molar refractivity (Wildman–Crippen MR) is 69.7 cm³/mol. The first-order valence-electron chi connectivity index (χ1n) is 6.47. The fourth-order valence-corrected chi connectivity index (χ4v) is 2.00. The number of nitrogens with two attached hydrogens (primary N) is 1. The highest BCUT2D eigenvalue weighted by molar-refractivity contribution is 5.78. The second-order valence-electron chi connectivity index (χ2n) is 4.64. The minimum Gasteiger partial charge on any atom is -0.370 e. The van der Waals surface area contributed by atoms with Gasteiger partial charge < -0.3 is 16.0 Å². The SMILES string of the molecule is CCN(C)CCN=C(N)NC1CCCCC1. The Bertz CT molecular complexity index is 209. The van der Waals surface area contributed by atoms with E-state index in [4.69, 9.17) is 5.73 Å². The maximum atomic E-state index is 5.85. The molecule has 4 nitrogen and oxygen atoms in total. The third kappa shape index (κ3) is 5.35. The van der Waals surface area contributed by atoms with Crippen molar-refractivity contribution in [1.29, 1.82) is 0 Å². The molecule has 0 aromatic heterocycles. The lowest BCUT2D eigenvalue weighted by atomic mass is 9.96. The van der Waals surface area contributed by atoms with Crippen molar-refractivity contribution in [2.75, 3.05) is 26.7 Å². The van der Waals surface area contributed by atoms with Crippen molar-refractivity contribution >= 4 is 5.96 Å². The van der Waals surface area contributed by atoms with Crippen molar-refractivity contribution in [2.45, 2.75) is 45.1 Å². The Morgan fingerprint density at radius 3 is 2.69 bits per heavy atom. The van der Waals surface area contributed by atoms with Crippen LogP contribution < -0.4 is 11.1 Å². The normalized spacial score (nSPS) is 19.1. The van der Waals surface area contributed by atoms with Gasteiger partial charge in [-0.1, -0.05) is 26.2 Å². The summed E-state index contributed by atoms with van der Waals surface area (Å²) >= 11 is 0. The summed E-state index contributed by atoms with van der Waals surface area (Å²) in [6.07, 6.45) is 6.50. The van der Waals surface area contributed by atoms with E-state index in [1.165, 1.54) is 32.1 Å². The summed E-state index contributed by atoms with van der Waals surface area (Å²) in [5.41, 5.74) is 5.85. The summed E-state index contributed by atoms with van der Waals surface area (Å²) in [4.78, 5) is 6.58. The molecule has 0 amide bonds. The number of guanidine groups is 1. The van der Waals surface area contributed by atoms with E-state index in [0.717, 1.165) is 19.6 Å². The molecule has 0 spiro atoms. The van der Waals surface area contributed by atoms with Crippen LogP contribution in [0.1, 0.15) is 39.0 Å². The van der Waals surface area contributed by atoms with Crippen LogP contribution in [0.4, 0.5) is 0 Å². The summed E-state index contributed by atoms with van der Waals surface area (Å²) in [7, 11) is 2.10. The Hall–Kier alpha value is -0.770. The van der Waals surface area contributed by atoms with Crippen molar-refractivity contribution in [1.82, 2.24) is 10.2 Å². The Morgan fingerprint density at radius 2 is 2.06 bits per heavy atom. The van der Waals surface area contributed by atoms with Crippen molar-refractivity contribution in [3.8, 4) is 0 Å². The van der Waals surface area contributed by atoms with Gasteiger partial charge in [0.05, 0.1) is 6.54 Å². The second-order valence-corrected chi connectivity index (χ2v) is 4.64. The monoisotopic (exact) mass is 226 g/mol. The van der Waals surface area contributed by atoms with Gasteiger partial charge in [0.15, 0.2) is 5.96 Å². The molecule has 4 heteroatoms. The molecule has 1 fully saturated rings. The van der Waals surface area contributed by atoms with Gasteiger partial charge in [-0.2, -0.15) is 0 Å². The molecule has 0 heterocycles. The fourth-order valence-electron chi connectivity index (χ4n) is 2.00. The topological polar surface area (TPSA) is 53.6 Å². The summed E-state index contributed by atoms with van der Waals surface area (Å²) < 4.78 is 0. The Labute approximate surface area is 99.3 Å². The molecule has 0 unspecified atom stereocenters. The molecule has 0 radical (unpaired) electrons. The minimum absolute atomic E-state index is 0.557. The molecule has 1 rings (SSSR count). The highest BCUT2D eigenvalue weighted by atomic mass is 15.1. The van der Waals surface area contributed by atoms with E-state index in [1.54, 1.807) is 0 Å². The van der Waals surface area contributed by atoms with E-state index in [-0.39, 0.29) is 0 Å². The van der Waals surface area contributed by atoms with Gasteiger partial charge in [0, 0.05) is 12.6 Å². The molecule has 0 aromatic carbocycles. The van der Waals surface area contributed by atoms with Crippen LogP contribution in [0.3, 0.4) is 0 Å². The van der Waals surface area contributed by atoms with Crippen LogP contribution in [0.15, 0.2) is 4.99 Å². The van der Waals surface area contributed by atoms with Crippen molar-refractivity contribution in [2.24, 2.45) is 10.7 Å². The zero-order chi connectivity index (χ0) is 11.8. The molecule has 0 bridgehead atoms. The van der Waals surface area contributed by atoms with E-state index in [1.807, 2.05) is 0 Å². The number of aliphatic imine (C=N–C) groups is 1. The average Bonchev–Trinajstić information content (AvgIpc) is 2.30. The van der Waals surface area contributed by atoms with E-state index < -0.39 is 0 Å². The molecular formula is C12H26N4. The van der Waals surface area contributed by atoms with Gasteiger partial charge >= 0.3 is 0 Å². The number of likely N-dealkylation sites (N-methyl/N-ethyl adjacent to an activating group) is 1. The lowest BCUT2D eigenvalue weighted by Crippen LogP contribution is -2.41. The number of nitrogens with one attached hydrogen (secondary N) is 1. The highest BCUT2D eigenvalue weighted by Crippen LogP contribution is 2.16. The number of hydrogen-bond donors (Lipinski definition) is 2. The zero-order valence-electron chi connectivity index (χ0n) is 10.7. The van der Waals surface area contributed by atoms with Gasteiger partial charge in [0.25, 0.3) is 0 Å². The Balaban J connectivity index is 2.17. The first kappa shape index (κ1) is 13.3. The van der Waals surface area contributed by atoms with Gasteiger partial charge in [-0.3, -0.25) is 4.99 Å². The van der Waals surface area contributed by atoms with Crippen LogP contribution in [0.25, 0.3) is 0 Å². The smallest absolute Gasteiger partial charge is 0.188 e. The quantitative estimate of drug-likeness (QED) is 0.546. The van der Waals surface area contributed by atoms with Crippen molar-refractivity contribution < 1.29 is 0 Å². The van der Waals surface area contributed by atoms with Crippen LogP contribution in [0, 0.1) is 0 Å². The summed E-state index contributed by atoms with van der Waals surface area (Å²) in [5.74, 6) is 0.622. The molecule has 0 atom stereocenters. The minimum atomic E-state index is 0.557. The fraction of sp³-hybridized carbons (Fsp3) is 0.917. The van der Waals surface area contributed by atoms with E-state index in [9.17, 15) is 0 Å². The summed E-state index contributed by atoms with van der Waals surface area (Å²) in [6.45, 7) is 4.97. The molecule has 94 valence electrons. The second kappa shape index (κ2) is 7.49.